The van der Waals surface area contributed by atoms with Gasteiger partial charge < -0.3 is 19.9 Å². The van der Waals surface area contributed by atoms with Gasteiger partial charge in [-0.15, -0.1) is 10.2 Å². The van der Waals surface area contributed by atoms with Gasteiger partial charge in [0.15, 0.2) is 0 Å². The highest BCUT2D eigenvalue weighted by molar-refractivity contribution is 6.31. The van der Waals surface area contributed by atoms with E-state index in [4.69, 9.17) is 16.3 Å². The number of aryl methyl sites for hydroxylation is 1. The van der Waals surface area contributed by atoms with Crippen molar-refractivity contribution in [2.24, 2.45) is 7.05 Å². The lowest BCUT2D eigenvalue weighted by atomic mass is 10.2. The predicted octanol–water partition coefficient (Wildman–Crippen LogP) is 0.599. The minimum atomic E-state index is -0.238. The molecule has 9 nitrogen and oxygen atoms in total. The van der Waals surface area contributed by atoms with E-state index in [1.807, 2.05) is 16.5 Å². The second-order valence-electron chi connectivity index (χ2n) is 6.52. The molecule has 2 N–H and O–H groups in total. The van der Waals surface area contributed by atoms with E-state index in [1.54, 1.807) is 24.5 Å². The Morgan fingerprint density at radius 1 is 1.25 bits per heavy atom. The number of rotatable bonds is 2. The Labute approximate surface area is 168 Å². The largest absolute Gasteiger partial charge is 0.491 e. The molecule has 0 radical (unpaired) electrons. The number of amides is 2. The van der Waals surface area contributed by atoms with E-state index in [0.29, 0.717) is 48.9 Å². The molecule has 150 valence electrons. The summed E-state index contributed by atoms with van der Waals surface area (Å²) in [7, 11) is 1.86. The molecule has 0 aliphatic carbocycles. The van der Waals surface area contributed by atoms with Gasteiger partial charge in [-0.05, 0) is 24.6 Å². The summed E-state index contributed by atoms with van der Waals surface area (Å²) in [4.78, 5) is 26.8. The molecule has 1 aromatic heterocycles. The van der Waals surface area contributed by atoms with Gasteiger partial charge in [0.2, 0.25) is 5.91 Å². The molecule has 2 amide bonds. The third kappa shape index (κ3) is 5.43. The van der Waals surface area contributed by atoms with Gasteiger partial charge in [-0.2, -0.15) is 0 Å². The van der Waals surface area contributed by atoms with Crippen LogP contribution in [0.25, 0.3) is 0 Å². The predicted molar refractivity (Wildman–Crippen MR) is 103 cm³/mol. The molecule has 2 heterocycles. The van der Waals surface area contributed by atoms with Crippen LogP contribution in [0.5, 0.6) is 5.75 Å². The van der Waals surface area contributed by atoms with Crippen LogP contribution in [-0.2, 0) is 18.4 Å². The van der Waals surface area contributed by atoms with Gasteiger partial charge in [0, 0.05) is 25.2 Å². The van der Waals surface area contributed by atoms with Gasteiger partial charge in [-0.1, -0.05) is 11.6 Å². The average Bonchev–Trinajstić information content (AvgIpc) is 3.07. The molecule has 0 unspecified atom stereocenters. The topological polar surface area (TPSA) is 101 Å². The van der Waals surface area contributed by atoms with Gasteiger partial charge in [0.1, 0.15) is 24.5 Å². The molecule has 28 heavy (non-hydrogen) atoms. The number of aromatic nitrogens is 3. The number of hydrogen-bond donors (Lipinski definition) is 2. The highest BCUT2D eigenvalue weighted by Crippen LogP contribution is 2.23. The minimum absolute atomic E-state index is 0.0943. The highest BCUT2D eigenvalue weighted by atomic mass is 35.5. The maximum atomic E-state index is 12.5. The smallest absolute Gasteiger partial charge is 0.255 e. The van der Waals surface area contributed by atoms with Crippen LogP contribution in [0.15, 0.2) is 24.5 Å². The van der Waals surface area contributed by atoms with Crippen LogP contribution in [-0.4, -0.2) is 64.3 Å². The molecule has 10 heteroatoms. The van der Waals surface area contributed by atoms with Crippen molar-refractivity contribution in [2.45, 2.75) is 13.0 Å². The van der Waals surface area contributed by atoms with Crippen LogP contribution in [0, 0.1) is 0 Å². The average molecular weight is 407 g/mol. The zero-order chi connectivity index (χ0) is 19.9. The molecule has 0 saturated heterocycles. The molecular weight excluding hydrogens is 384 g/mol. The minimum Gasteiger partial charge on any atom is -0.491 e. The zero-order valence-corrected chi connectivity index (χ0v) is 16.4. The Balaban J connectivity index is 1.69. The van der Waals surface area contributed by atoms with Gasteiger partial charge in [-0.25, -0.2) is 0 Å². The van der Waals surface area contributed by atoms with Crippen molar-refractivity contribution in [1.29, 1.82) is 0 Å². The molecule has 0 bridgehead atoms. The van der Waals surface area contributed by atoms with E-state index in [9.17, 15) is 9.59 Å². The van der Waals surface area contributed by atoms with Crippen molar-refractivity contribution in [3.8, 4) is 5.75 Å². The molecule has 0 fully saturated rings. The van der Waals surface area contributed by atoms with Crippen LogP contribution < -0.4 is 15.4 Å². The summed E-state index contributed by atoms with van der Waals surface area (Å²) >= 11 is 6.02. The zero-order valence-electron chi connectivity index (χ0n) is 15.7. The first-order valence-electron chi connectivity index (χ1n) is 9.05. The SMILES string of the molecule is Cn1cnnc1CN1CCCNC(=O)c2cc(Cl)ccc2OCCNC(=O)C1. The van der Waals surface area contributed by atoms with Crippen molar-refractivity contribution < 1.29 is 14.3 Å². The van der Waals surface area contributed by atoms with E-state index in [2.05, 4.69) is 20.8 Å². The van der Waals surface area contributed by atoms with E-state index in [1.165, 1.54) is 0 Å². The number of benzene rings is 1. The number of carbonyl (C=O) groups excluding carboxylic acids is 2. The highest BCUT2D eigenvalue weighted by Gasteiger charge is 2.17. The lowest BCUT2D eigenvalue weighted by molar-refractivity contribution is -0.122. The number of nitrogens with zero attached hydrogens (tertiary/aromatic N) is 4. The number of ether oxygens (including phenoxy) is 1. The quantitative estimate of drug-likeness (QED) is 0.757. The van der Waals surface area contributed by atoms with Gasteiger partial charge in [0.25, 0.3) is 5.91 Å². The van der Waals surface area contributed by atoms with Gasteiger partial charge >= 0.3 is 0 Å². The second-order valence-corrected chi connectivity index (χ2v) is 6.95. The molecular formula is C18H23ClN6O3. The van der Waals surface area contributed by atoms with Crippen LogP contribution in [0.3, 0.4) is 0 Å². The Morgan fingerprint density at radius 2 is 2.11 bits per heavy atom. The fourth-order valence-corrected chi connectivity index (χ4v) is 3.05. The molecule has 3 rings (SSSR count). The number of hydrogen-bond acceptors (Lipinski definition) is 6. The van der Waals surface area contributed by atoms with E-state index < -0.39 is 0 Å². The summed E-state index contributed by atoms with van der Waals surface area (Å²) in [6.45, 7) is 2.39. The summed E-state index contributed by atoms with van der Waals surface area (Å²) in [5.74, 6) is 0.878. The Hall–Kier alpha value is -2.65. The van der Waals surface area contributed by atoms with Crippen molar-refractivity contribution in [1.82, 2.24) is 30.3 Å². The van der Waals surface area contributed by atoms with Crippen molar-refractivity contribution in [2.75, 3.05) is 32.8 Å². The van der Waals surface area contributed by atoms with Crippen molar-refractivity contribution >= 4 is 23.4 Å². The summed E-state index contributed by atoms with van der Waals surface area (Å²) in [5, 5.41) is 14.1. The molecule has 0 spiro atoms. The van der Waals surface area contributed by atoms with E-state index >= 15 is 0 Å². The second kappa shape index (κ2) is 9.52. The Morgan fingerprint density at radius 3 is 2.89 bits per heavy atom. The van der Waals surface area contributed by atoms with Crippen LogP contribution >= 0.6 is 11.6 Å². The summed E-state index contributed by atoms with van der Waals surface area (Å²) in [5.41, 5.74) is 0.381. The van der Waals surface area contributed by atoms with E-state index in [0.717, 1.165) is 5.82 Å². The van der Waals surface area contributed by atoms with Gasteiger partial charge in [0.05, 0.1) is 25.2 Å². The first-order valence-corrected chi connectivity index (χ1v) is 9.43. The molecule has 0 atom stereocenters. The Bertz CT molecular complexity index is 840. The van der Waals surface area contributed by atoms with Crippen molar-refractivity contribution in [3.05, 3.63) is 40.9 Å². The fourth-order valence-electron chi connectivity index (χ4n) is 2.88. The summed E-state index contributed by atoms with van der Waals surface area (Å²) in [6, 6.07) is 4.91. The third-order valence-electron chi connectivity index (χ3n) is 4.34. The molecule has 1 aromatic carbocycles. The monoisotopic (exact) mass is 406 g/mol. The fraction of sp³-hybridized carbons (Fsp3) is 0.444. The normalized spacial score (nSPS) is 17.1. The van der Waals surface area contributed by atoms with Crippen LogP contribution in [0.4, 0.5) is 0 Å². The standard InChI is InChI=1S/C18H23ClN6O3/c1-24-12-22-23-16(24)10-25-7-2-5-21-18(27)14-9-13(19)3-4-15(14)28-8-6-20-17(26)11-25/h3-4,9,12H,2,5-8,10-11H2,1H3,(H,20,26)(H,21,27). The third-order valence-corrected chi connectivity index (χ3v) is 4.58. The number of carbonyl (C=O) groups is 2. The maximum Gasteiger partial charge on any atom is 0.255 e. The molecule has 2 aromatic rings. The molecule has 0 saturated carbocycles. The van der Waals surface area contributed by atoms with E-state index in [-0.39, 0.29) is 25.0 Å². The number of nitrogens with one attached hydrogen (secondary N) is 2. The summed E-state index contributed by atoms with van der Waals surface area (Å²) < 4.78 is 7.48. The van der Waals surface area contributed by atoms with Crippen LogP contribution in [0.2, 0.25) is 5.02 Å². The van der Waals surface area contributed by atoms with Crippen molar-refractivity contribution in [3.63, 3.8) is 0 Å². The number of fused-ring (bicyclic) bond motifs is 1. The first kappa shape index (κ1) is 20.1. The summed E-state index contributed by atoms with van der Waals surface area (Å²) in [6.07, 6.45) is 2.30. The van der Waals surface area contributed by atoms with Gasteiger partial charge in [-0.3, -0.25) is 14.5 Å². The van der Waals surface area contributed by atoms with Crippen LogP contribution in [0.1, 0.15) is 22.6 Å². The lowest BCUT2D eigenvalue weighted by Gasteiger charge is -2.22. The number of halogens is 1. The molecule has 1 aliphatic rings. The Kier molecular flexibility index (Phi) is 6.83. The lowest BCUT2D eigenvalue weighted by Crippen LogP contribution is -2.40. The first-order chi connectivity index (χ1) is 13.5. The maximum absolute atomic E-state index is 12.5. The molecule has 1 aliphatic heterocycles.